The Balaban J connectivity index is 1.81. The summed E-state index contributed by atoms with van der Waals surface area (Å²) in [7, 11) is 0. The zero-order chi connectivity index (χ0) is 22.2. The molecule has 0 unspecified atom stereocenters. The molecule has 0 aliphatic carbocycles. The molecule has 0 saturated heterocycles. The van der Waals surface area contributed by atoms with Gasteiger partial charge in [0.25, 0.3) is 5.56 Å². The zero-order valence-corrected chi connectivity index (χ0v) is 17.9. The van der Waals surface area contributed by atoms with E-state index in [4.69, 9.17) is 5.73 Å². The summed E-state index contributed by atoms with van der Waals surface area (Å²) in [6.07, 6.45) is 1.22. The molecule has 0 aliphatic rings. The smallest absolute Gasteiger partial charge is 0.275 e. The second-order valence-corrected chi connectivity index (χ2v) is 8.02. The van der Waals surface area contributed by atoms with Crippen LogP contribution in [0.1, 0.15) is 24.5 Å². The minimum Gasteiger partial charge on any atom is -0.385 e. The van der Waals surface area contributed by atoms with Gasteiger partial charge in [0.15, 0.2) is 5.16 Å². The van der Waals surface area contributed by atoms with E-state index in [0.29, 0.717) is 41.6 Å². The third-order valence-electron chi connectivity index (χ3n) is 4.70. The van der Waals surface area contributed by atoms with Crippen molar-refractivity contribution in [3.05, 3.63) is 82.1 Å². The first-order chi connectivity index (χ1) is 15.0. The van der Waals surface area contributed by atoms with E-state index in [9.17, 15) is 14.9 Å². The molecular weight excluding hydrogens is 410 g/mol. The highest BCUT2D eigenvalue weighted by Crippen LogP contribution is 2.26. The van der Waals surface area contributed by atoms with E-state index in [1.165, 1.54) is 17.8 Å². The number of hydrogen-bond donors (Lipinski definition) is 2. The Morgan fingerprint density at radius 3 is 2.65 bits per heavy atom. The summed E-state index contributed by atoms with van der Waals surface area (Å²) >= 11 is 1.20. The normalized spacial score (nSPS) is 11.5. The van der Waals surface area contributed by atoms with Gasteiger partial charge in [0, 0.05) is 12.6 Å². The number of nitrogens with two attached hydrogens (primary N) is 1. The first-order valence-electron chi connectivity index (χ1n) is 9.89. The maximum absolute atomic E-state index is 12.9. The topological polar surface area (TPSA) is 114 Å². The van der Waals surface area contributed by atoms with E-state index >= 15 is 0 Å². The van der Waals surface area contributed by atoms with Crippen LogP contribution >= 0.6 is 11.8 Å². The molecule has 0 radical (unpaired) electrons. The van der Waals surface area contributed by atoms with Gasteiger partial charge in [-0.25, -0.2) is 0 Å². The lowest BCUT2D eigenvalue weighted by molar-refractivity contribution is -0.115. The van der Waals surface area contributed by atoms with Crippen LogP contribution < -0.4 is 16.6 Å². The van der Waals surface area contributed by atoms with Crippen molar-refractivity contribution < 1.29 is 4.79 Å². The largest absolute Gasteiger partial charge is 0.385 e. The Bertz CT molecular complexity index is 1150. The van der Waals surface area contributed by atoms with E-state index in [-0.39, 0.29) is 5.91 Å². The van der Waals surface area contributed by atoms with Crippen LogP contribution in [0.4, 0.5) is 11.5 Å². The van der Waals surface area contributed by atoms with Gasteiger partial charge in [0.05, 0.1) is 16.5 Å². The Hall–Kier alpha value is -3.57. The first kappa shape index (κ1) is 22.1. The molecule has 3 rings (SSSR count). The van der Waals surface area contributed by atoms with Crippen LogP contribution in [0.25, 0.3) is 0 Å². The van der Waals surface area contributed by atoms with Crippen LogP contribution in [-0.2, 0) is 17.8 Å². The van der Waals surface area contributed by atoms with Crippen LogP contribution in [0.15, 0.2) is 70.6 Å². The molecule has 3 N–H and O–H groups in total. The van der Waals surface area contributed by atoms with E-state index < -0.39 is 10.8 Å². The summed E-state index contributed by atoms with van der Waals surface area (Å²) in [4.78, 5) is 29.0. The van der Waals surface area contributed by atoms with Gasteiger partial charge in [0.2, 0.25) is 5.91 Å². The van der Waals surface area contributed by atoms with Crippen LogP contribution in [0.2, 0.25) is 0 Å². The fraction of sp³-hybridized carbons (Fsp3) is 0.217. The van der Waals surface area contributed by atoms with Crippen molar-refractivity contribution >= 4 is 29.2 Å². The average molecular weight is 434 g/mol. The number of hydrogen-bond acceptors (Lipinski definition) is 6. The van der Waals surface area contributed by atoms with E-state index in [2.05, 4.69) is 16.4 Å². The van der Waals surface area contributed by atoms with Crippen molar-refractivity contribution in [2.75, 3.05) is 11.1 Å². The van der Waals surface area contributed by atoms with Crippen molar-refractivity contribution in [3.8, 4) is 6.07 Å². The Morgan fingerprint density at radius 1 is 1.23 bits per heavy atom. The monoisotopic (exact) mass is 433 g/mol. The van der Waals surface area contributed by atoms with Crippen LogP contribution in [-0.4, -0.2) is 20.7 Å². The maximum Gasteiger partial charge on any atom is 0.275 e. The van der Waals surface area contributed by atoms with Crippen molar-refractivity contribution in [2.45, 2.75) is 36.7 Å². The molecule has 7 nitrogen and oxygen atoms in total. The molecule has 3 aromatic rings. The van der Waals surface area contributed by atoms with Crippen LogP contribution in [0.5, 0.6) is 0 Å². The predicted molar refractivity (Wildman–Crippen MR) is 123 cm³/mol. The molecule has 1 heterocycles. The molecule has 0 bridgehead atoms. The third-order valence-corrected chi connectivity index (χ3v) is 6.06. The molecule has 158 valence electrons. The van der Waals surface area contributed by atoms with Crippen molar-refractivity contribution in [2.24, 2.45) is 0 Å². The Kier molecular flexibility index (Phi) is 7.46. The molecule has 0 aliphatic heterocycles. The average Bonchev–Trinajstić information content (AvgIpc) is 2.77. The fourth-order valence-corrected chi connectivity index (χ4v) is 4.11. The molecular formula is C23H23N5O2S. The quantitative estimate of drug-likeness (QED) is 0.415. The fourth-order valence-electron chi connectivity index (χ4n) is 3.05. The second-order valence-electron chi connectivity index (χ2n) is 6.85. The van der Waals surface area contributed by atoms with Gasteiger partial charge in [0.1, 0.15) is 11.9 Å². The number of nitriles is 1. The molecule has 0 saturated carbocycles. The highest BCUT2D eigenvalue weighted by Gasteiger charge is 2.22. The number of nitrogen functional groups attached to an aromatic ring is 1. The first-order valence-corrected chi connectivity index (χ1v) is 10.8. The molecule has 0 spiro atoms. The number of anilines is 2. The van der Waals surface area contributed by atoms with E-state index in [0.717, 1.165) is 5.56 Å². The molecule has 1 aromatic heterocycles. The van der Waals surface area contributed by atoms with E-state index in [1.807, 2.05) is 37.3 Å². The maximum atomic E-state index is 12.9. The van der Waals surface area contributed by atoms with Gasteiger partial charge in [-0.3, -0.25) is 9.59 Å². The van der Waals surface area contributed by atoms with Gasteiger partial charge in [-0.1, -0.05) is 61.2 Å². The standard InChI is InChI=1S/C23H23N5O2S/c1-2-19(22(30)26-18-11-7-6-10-17(18)15-24)31-23-27-21(29)14-20(25)28(23)13-12-16-8-4-3-5-9-16/h3-11,14,19H,2,12-13,25H2,1H3,(H,26,30)/t19-/m0/s1. The third kappa shape index (κ3) is 5.74. The van der Waals surface area contributed by atoms with Crippen LogP contribution in [0, 0.1) is 11.3 Å². The highest BCUT2D eigenvalue weighted by atomic mass is 32.2. The number of thioether (sulfide) groups is 1. The summed E-state index contributed by atoms with van der Waals surface area (Å²) in [5.74, 6) is 0.0463. The summed E-state index contributed by atoms with van der Waals surface area (Å²) in [6.45, 7) is 2.41. The number of para-hydroxylation sites is 1. The van der Waals surface area contributed by atoms with E-state index in [1.54, 1.807) is 28.8 Å². The molecule has 2 aromatic carbocycles. The predicted octanol–water partition coefficient (Wildman–Crippen LogP) is 3.45. The number of nitrogens with zero attached hydrogens (tertiary/aromatic N) is 3. The molecule has 31 heavy (non-hydrogen) atoms. The van der Waals surface area contributed by atoms with Crippen molar-refractivity contribution in [1.82, 2.24) is 9.55 Å². The Labute approximate surface area is 184 Å². The number of nitrogens with one attached hydrogen (secondary N) is 1. The van der Waals surface area contributed by atoms with Crippen molar-refractivity contribution in [1.29, 1.82) is 5.26 Å². The van der Waals surface area contributed by atoms with Gasteiger partial charge in [-0.15, -0.1) is 0 Å². The number of rotatable bonds is 8. The lowest BCUT2D eigenvalue weighted by Crippen LogP contribution is -2.27. The molecule has 1 amide bonds. The van der Waals surface area contributed by atoms with Gasteiger partial charge in [-0.2, -0.15) is 10.2 Å². The highest BCUT2D eigenvalue weighted by molar-refractivity contribution is 8.00. The number of benzene rings is 2. The summed E-state index contributed by atoms with van der Waals surface area (Å²) in [5.41, 5.74) is 7.65. The van der Waals surface area contributed by atoms with Gasteiger partial charge >= 0.3 is 0 Å². The van der Waals surface area contributed by atoms with Gasteiger partial charge in [-0.05, 0) is 30.5 Å². The molecule has 1 atom stereocenters. The Morgan fingerprint density at radius 2 is 1.94 bits per heavy atom. The molecule has 8 heteroatoms. The zero-order valence-electron chi connectivity index (χ0n) is 17.1. The van der Waals surface area contributed by atoms with Gasteiger partial charge < -0.3 is 15.6 Å². The minimum absolute atomic E-state index is 0.263. The lowest BCUT2D eigenvalue weighted by atomic mass is 10.1. The number of aryl methyl sites for hydroxylation is 1. The van der Waals surface area contributed by atoms with Crippen molar-refractivity contribution in [3.63, 3.8) is 0 Å². The van der Waals surface area contributed by atoms with Crippen LogP contribution in [0.3, 0.4) is 0 Å². The summed E-state index contributed by atoms with van der Waals surface area (Å²) in [5, 5.41) is 11.9. The lowest BCUT2D eigenvalue weighted by Gasteiger charge is -2.19. The molecule has 0 fully saturated rings. The summed E-state index contributed by atoms with van der Waals surface area (Å²) in [6, 6.07) is 20.1. The number of carbonyl (C=O) groups excluding carboxylic acids is 1. The second kappa shape index (κ2) is 10.5. The SMILES string of the molecule is CC[C@H](Sc1nc(=O)cc(N)n1CCc1ccccc1)C(=O)Nc1ccccc1C#N. The number of aromatic nitrogens is 2. The number of carbonyl (C=O) groups is 1. The number of amides is 1. The minimum atomic E-state index is -0.511. The summed E-state index contributed by atoms with van der Waals surface area (Å²) < 4.78 is 1.76.